The molecule has 96 valence electrons. The predicted octanol–water partition coefficient (Wildman–Crippen LogP) is 1.46. The zero-order valence-corrected chi connectivity index (χ0v) is 11.7. The molecule has 2 rings (SSSR count). The summed E-state index contributed by atoms with van der Waals surface area (Å²) in [7, 11) is 3.86. The Morgan fingerprint density at radius 3 is 2.76 bits per heavy atom. The highest BCUT2D eigenvalue weighted by molar-refractivity contribution is 7.99. The first kappa shape index (κ1) is 12.6. The molecule has 1 atom stereocenters. The molecule has 5 nitrogen and oxygen atoms in total. The minimum absolute atomic E-state index is 0.0912. The lowest BCUT2D eigenvalue weighted by atomic mass is 10.2. The van der Waals surface area contributed by atoms with Crippen molar-refractivity contribution in [1.29, 1.82) is 0 Å². The summed E-state index contributed by atoms with van der Waals surface area (Å²) in [6, 6.07) is 0.0912. The molecule has 0 saturated carbocycles. The summed E-state index contributed by atoms with van der Waals surface area (Å²) in [5.74, 6) is 0. The molecule has 6 heteroatoms. The van der Waals surface area contributed by atoms with Gasteiger partial charge in [0.15, 0.2) is 0 Å². The van der Waals surface area contributed by atoms with E-state index < -0.39 is 0 Å². The fourth-order valence-corrected chi connectivity index (χ4v) is 3.15. The maximum absolute atomic E-state index is 12.2. The van der Waals surface area contributed by atoms with E-state index in [0.29, 0.717) is 13.3 Å². The van der Waals surface area contributed by atoms with Crippen molar-refractivity contribution < 1.29 is 4.79 Å². The number of rotatable bonds is 2. The van der Waals surface area contributed by atoms with Gasteiger partial charge in [-0.25, -0.2) is 4.79 Å². The van der Waals surface area contributed by atoms with Crippen LogP contribution in [-0.2, 0) is 0 Å². The van der Waals surface area contributed by atoms with Crippen LogP contribution in [0.15, 0.2) is 11.8 Å². The highest BCUT2D eigenvalue weighted by Gasteiger charge is 2.42. The smallest absolute Gasteiger partial charge is 0.323 e. The van der Waals surface area contributed by atoms with Crippen molar-refractivity contribution in [2.24, 2.45) is 0 Å². The van der Waals surface area contributed by atoms with E-state index in [1.54, 1.807) is 16.8 Å². The van der Waals surface area contributed by atoms with E-state index in [0.717, 1.165) is 6.42 Å². The van der Waals surface area contributed by atoms with Crippen LogP contribution in [0.5, 0.6) is 0 Å². The van der Waals surface area contributed by atoms with Gasteiger partial charge in [-0.2, -0.15) is 0 Å². The van der Waals surface area contributed by atoms with Gasteiger partial charge >= 0.3 is 6.03 Å². The number of nitrogens with zero attached hydrogens (tertiary/aromatic N) is 3. The number of amides is 2. The second-order valence-electron chi connectivity index (χ2n) is 4.83. The molecule has 0 bridgehead atoms. The minimum Gasteiger partial charge on any atom is -0.332 e. The first-order valence-electron chi connectivity index (χ1n) is 5.83. The molecule has 2 aliphatic rings. The third kappa shape index (κ3) is 2.24. The van der Waals surface area contributed by atoms with Gasteiger partial charge in [-0.1, -0.05) is 6.92 Å². The Morgan fingerprint density at radius 2 is 2.18 bits per heavy atom. The van der Waals surface area contributed by atoms with E-state index in [1.165, 1.54) is 5.70 Å². The molecule has 17 heavy (non-hydrogen) atoms. The molecule has 2 heterocycles. The van der Waals surface area contributed by atoms with Crippen molar-refractivity contribution in [1.82, 2.24) is 19.4 Å². The van der Waals surface area contributed by atoms with Crippen molar-refractivity contribution in [3.05, 3.63) is 11.8 Å². The molecule has 1 fully saturated rings. The molecule has 1 N–H and O–H groups in total. The van der Waals surface area contributed by atoms with E-state index >= 15 is 0 Å². The Balaban J connectivity index is 2.21. The fraction of sp³-hybridized carbons (Fsp3) is 0.727. The fourth-order valence-electron chi connectivity index (χ4n) is 2.16. The van der Waals surface area contributed by atoms with Gasteiger partial charge in [0.1, 0.15) is 4.87 Å². The highest BCUT2D eigenvalue weighted by atomic mass is 32.2. The van der Waals surface area contributed by atoms with Crippen molar-refractivity contribution in [2.45, 2.75) is 25.1 Å². The molecule has 0 aliphatic carbocycles. The molecule has 0 radical (unpaired) electrons. The zero-order valence-electron chi connectivity index (χ0n) is 10.9. The summed E-state index contributed by atoms with van der Waals surface area (Å²) < 4.78 is 3.29. The molecule has 1 saturated heterocycles. The van der Waals surface area contributed by atoms with Gasteiger partial charge in [0, 0.05) is 12.7 Å². The largest absolute Gasteiger partial charge is 0.332 e. The number of carbonyl (C=O) groups is 1. The van der Waals surface area contributed by atoms with Crippen LogP contribution in [0.25, 0.3) is 0 Å². The normalized spacial score (nSPS) is 30.6. The van der Waals surface area contributed by atoms with E-state index in [2.05, 4.69) is 29.5 Å². The maximum Gasteiger partial charge on any atom is 0.323 e. The summed E-state index contributed by atoms with van der Waals surface area (Å²) in [6.45, 7) is 5.55. The maximum atomic E-state index is 12.2. The van der Waals surface area contributed by atoms with Crippen LogP contribution >= 0.6 is 11.9 Å². The lowest BCUT2D eigenvalue weighted by Crippen LogP contribution is -2.60. The summed E-state index contributed by atoms with van der Waals surface area (Å²) in [4.78, 5) is 17.7. The zero-order chi connectivity index (χ0) is 12.6. The summed E-state index contributed by atoms with van der Waals surface area (Å²) >= 11 is 1.60. The average molecular weight is 256 g/mol. The highest BCUT2D eigenvalue weighted by Crippen LogP contribution is 2.37. The van der Waals surface area contributed by atoms with Gasteiger partial charge < -0.3 is 9.62 Å². The van der Waals surface area contributed by atoms with E-state index in [1.807, 2.05) is 19.0 Å². The Kier molecular flexibility index (Phi) is 3.27. The molecule has 0 aromatic carbocycles. The topological polar surface area (TPSA) is 38.8 Å². The molecular formula is C11H20N4OS. The van der Waals surface area contributed by atoms with Crippen molar-refractivity contribution in [2.75, 3.05) is 27.4 Å². The van der Waals surface area contributed by atoms with Crippen molar-refractivity contribution >= 4 is 18.0 Å². The van der Waals surface area contributed by atoms with Gasteiger partial charge in [0.05, 0.1) is 13.3 Å². The van der Waals surface area contributed by atoms with Gasteiger partial charge in [-0.3, -0.25) is 9.80 Å². The van der Waals surface area contributed by atoms with E-state index in [9.17, 15) is 4.79 Å². The lowest BCUT2D eigenvalue weighted by molar-refractivity contribution is 0.0442. The van der Waals surface area contributed by atoms with Crippen molar-refractivity contribution in [3.63, 3.8) is 0 Å². The van der Waals surface area contributed by atoms with Crippen LogP contribution in [0.1, 0.15) is 20.3 Å². The minimum atomic E-state index is -0.286. The predicted molar refractivity (Wildman–Crippen MR) is 70.0 cm³/mol. The van der Waals surface area contributed by atoms with Crippen LogP contribution in [0, 0.1) is 0 Å². The quantitative estimate of drug-likeness (QED) is 0.759. The van der Waals surface area contributed by atoms with Crippen molar-refractivity contribution in [3.8, 4) is 0 Å². The van der Waals surface area contributed by atoms with E-state index in [4.69, 9.17) is 0 Å². The summed E-state index contributed by atoms with van der Waals surface area (Å²) in [6.07, 6.45) is 3.12. The van der Waals surface area contributed by atoms with Gasteiger partial charge in [0.2, 0.25) is 0 Å². The van der Waals surface area contributed by atoms with Crippen LogP contribution in [0.4, 0.5) is 4.79 Å². The lowest BCUT2D eigenvalue weighted by Gasteiger charge is -2.45. The summed E-state index contributed by atoms with van der Waals surface area (Å²) in [5, 5.41) is 0. The molecular weight excluding hydrogens is 236 g/mol. The second-order valence-corrected chi connectivity index (χ2v) is 6.06. The molecule has 0 spiro atoms. The van der Waals surface area contributed by atoms with Gasteiger partial charge in [-0.05, 0) is 38.4 Å². The third-order valence-electron chi connectivity index (χ3n) is 3.14. The van der Waals surface area contributed by atoms with Gasteiger partial charge in [0.25, 0.3) is 0 Å². The average Bonchev–Trinajstić information content (AvgIpc) is 2.66. The SMILES string of the molecule is CCC1=CC(C)(N2CN(C)CN(C)C2=O)SN1. The Bertz CT molecular complexity index is 359. The molecule has 1 unspecified atom stereocenters. The molecule has 0 aromatic heterocycles. The Morgan fingerprint density at radius 1 is 1.47 bits per heavy atom. The number of urea groups is 1. The molecule has 2 amide bonds. The number of hydrogen-bond acceptors (Lipinski definition) is 4. The first-order valence-corrected chi connectivity index (χ1v) is 6.65. The van der Waals surface area contributed by atoms with Crippen LogP contribution in [-0.4, -0.2) is 53.0 Å². The number of carbonyl (C=O) groups excluding carboxylic acids is 1. The molecule has 2 aliphatic heterocycles. The number of nitrogens with one attached hydrogen (secondary N) is 1. The third-order valence-corrected chi connectivity index (χ3v) is 4.26. The monoisotopic (exact) mass is 256 g/mol. The Hall–Kier alpha value is -0.880. The molecule has 0 aromatic rings. The van der Waals surface area contributed by atoms with Crippen LogP contribution in [0.2, 0.25) is 0 Å². The standard InChI is InChI=1S/C11H20N4OS/c1-5-9-6-11(2,17-12-9)15-8-13(3)7-14(4)10(15)16/h6,12H,5,7-8H2,1-4H3. The van der Waals surface area contributed by atoms with Crippen LogP contribution < -0.4 is 4.72 Å². The van der Waals surface area contributed by atoms with E-state index in [-0.39, 0.29) is 10.9 Å². The first-order chi connectivity index (χ1) is 7.96. The Labute approximate surface area is 107 Å². The second kappa shape index (κ2) is 4.42. The van der Waals surface area contributed by atoms with Gasteiger partial charge in [-0.15, -0.1) is 0 Å². The number of allylic oxidation sites excluding steroid dienone is 1. The number of hydrogen-bond donors (Lipinski definition) is 1. The summed E-state index contributed by atoms with van der Waals surface area (Å²) in [5.41, 5.74) is 1.20. The van der Waals surface area contributed by atoms with Crippen LogP contribution in [0.3, 0.4) is 0 Å².